The quantitative estimate of drug-likeness (QED) is 0.0902. The van der Waals surface area contributed by atoms with Gasteiger partial charge < -0.3 is 46.6 Å². The molecular weight excluding hydrogens is 895 g/mol. The molecular formula is C51H74N11O8+. The van der Waals surface area contributed by atoms with Crippen molar-refractivity contribution in [1.29, 1.82) is 5.53 Å². The van der Waals surface area contributed by atoms with Crippen molar-refractivity contribution in [3.05, 3.63) is 70.8 Å². The van der Waals surface area contributed by atoms with E-state index in [9.17, 15) is 43.9 Å². The van der Waals surface area contributed by atoms with E-state index in [1.807, 2.05) is 52.0 Å². The van der Waals surface area contributed by atoms with Gasteiger partial charge in [0.25, 0.3) is 5.91 Å². The number of carbonyl (C=O) groups is 8. The van der Waals surface area contributed by atoms with E-state index >= 15 is 0 Å². The van der Waals surface area contributed by atoms with Gasteiger partial charge >= 0.3 is 5.91 Å². The first-order chi connectivity index (χ1) is 33.3. The number of hydrogen-bond acceptors (Lipinski definition) is 11. The largest absolute Gasteiger partial charge is 0.443 e. The van der Waals surface area contributed by atoms with Crippen LogP contribution in [-0.4, -0.2) is 155 Å². The summed E-state index contributed by atoms with van der Waals surface area (Å²) in [5, 5.41) is 17.6. The fourth-order valence-electron chi connectivity index (χ4n) is 9.99. The lowest BCUT2D eigenvalue weighted by molar-refractivity contribution is -0.555. The van der Waals surface area contributed by atoms with Crippen LogP contribution in [0.25, 0.3) is 0 Å². The van der Waals surface area contributed by atoms with Crippen LogP contribution < -0.4 is 31.9 Å². The minimum Gasteiger partial charge on any atom is -0.347 e. The maximum absolute atomic E-state index is 14.7. The molecule has 2 aromatic rings. The summed E-state index contributed by atoms with van der Waals surface area (Å²) in [6.07, 6.45) is 5.21. The predicted octanol–water partition coefficient (Wildman–Crippen LogP) is 2.39. The van der Waals surface area contributed by atoms with Crippen molar-refractivity contribution in [2.24, 2.45) is 5.41 Å². The molecule has 8 amide bonds. The third-order valence-corrected chi connectivity index (χ3v) is 14.4. The van der Waals surface area contributed by atoms with Crippen molar-refractivity contribution in [3.63, 3.8) is 0 Å². The molecule has 1 aliphatic carbocycles. The van der Waals surface area contributed by atoms with E-state index in [0.717, 1.165) is 41.5 Å². The molecule has 0 radical (unpaired) electrons. The summed E-state index contributed by atoms with van der Waals surface area (Å²) in [6.45, 7) is 11.7. The van der Waals surface area contributed by atoms with Gasteiger partial charge in [0, 0.05) is 37.7 Å². The fraction of sp³-hybridized carbons (Fsp3) is 0.608. The number of likely N-dealkylation sites (tertiary alicyclic amines) is 3. The SMILES string of the molecule is CCCC(NC(=O)C(C)NC)C(=O)N1CC(NC(=O)c2cccc(C(=O)[N+](=N)C3CC(C(=O)NC4CCCc5ccccc54)N(C(=O)C(NC(=O)C(C)NC)C(C)(C)C)C3)c2)CC1C(=O)N1CCCC1. The van der Waals surface area contributed by atoms with Gasteiger partial charge in [-0.05, 0) is 112 Å². The highest BCUT2D eigenvalue weighted by atomic mass is 16.2. The van der Waals surface area contributed by atoms with Crippen LogP contribution in [0.15, 0.2) is 48.5 Å². The van der Waals surface area contributed by atoms with Crippen LogP contribution in [0, 0.1) is 10.9 Å². The van der Waals surface area contributed by atoms with Gasteiger partial charge in [0.1, 0.15) is 24.2 Å². The topological polar surface area (TPSA) is 245 Å². The monoisotopic (exact) mass is 969 g/mol. The van der Waals surface area contributed by atoms with Crippen LogP contribution >= 0.6 is 0 Å². The molecule has 3 saturated heterocycles. The van der Waals surface area contributed by atoms with Crippen LogP contribution in [0.3, 0.4) is 0 Å². The van der Waals surface area contributed by atoms with Gasteiger partial charge in [-0.15, -0.1) is 0 Å². The molecule has 2 aromatic carbocycles. The molecule has 70 heavy (non-hydrogen) atoms. The second kappa shape index (κ2) is 23.2. The summed E-state index contributed by atoms with van der Waals surface area (Å²) < 4.78 is 0.756. The molecule has 380 valence electrons. The van der Waals surface area contributed by atoms with Crippen LogP contribution in [0.2, 0.25) is 0 Å². The molecule has 9 atom stereocenters. The number of carbonyl (C=O) groups excluding carboxylic acids is 8. The summed E-state index contributed by atoms with van der Waals surface area (Å²) in [4.78, 5) is 116. The minimum atomic E-state index is -1.07. The van der Waals surface area contributed by atoms with Crippen molar-refractivity contribution in [3.8, 4) is 0 Å². The molecule has 3 fully saturated rings. The maximum atomic E-state index is 14.7. The van der Waals surface area contributed by atoms with E-state index in [1.54, 1.807) is 32.8 Å². The first-order valence-electron chi connectivity index (χ1n) is 25.0. The number of fused-ring (bicyclic) bond motifs is 1. The number of aryl methyl sites for hydroxylation is 1. The number of nitrogens with one attached hydrogen (secondary N) is 7. The predicted molar refractivity (Wildman–Crippen MR) is 260 cm³/mol. The Morgan fingerprint density at radius 1 is 0.771 bits per heavy atom. The van der Waals surface area contributed by atoms with E-state index < -0.39 is 89.2 Å². The zero-order valence-electron chi connectivity index (χ0n) is 42.1. The van der Waals surface area contributed by atoms with Gasteiger partial charge in [-0.25, -0.2) is 4.79 Å². The third-order valence-electron chi connectivity index (χ3n) is 14.4. The van der Waals surface area contributed by atoms with E-state index in [1.165, 1.54) is 34.1 Å². The van der Waals surface area contributed by atoms with Crippen molar-refractivity contribution < 1.29 is 43.1 Å². The van der Waals surface area contributed by atoms with E-state index in [2.05, 4.69) is 31.9 Å². The third kappa shape index (κ3) is 12.3. The molecule has 9 unspecified atom stereocenters. The molecule has 0 aromatic heterocycles. The molecule has 0 spiro atoms. The van der Waals surface area contributed by atoms with E-state index in [0.29, 0.717) is 32.4 Å². The Morgan fingerprint density at radius 2 is 1.41 bits per heavy atom. The highest BCUT2D eigenvalue weighted by Crippen LogP contribution is 2.32. The fourth-order valence-corrected chi connectivity index (χ4v) is 9.99. The maximum Gasteiger partial charge on any atom is 0.443 e. The molecule has 6 rings (SSSR count). The molecule has 7 N–H and O–H groups in total. The second-order valence-corrected chi connectivity index (χ2v) is 20.4. The van der Waals surface area contributed by atoms with Gasteiger partial charge in [-0.3, -0.25) is 33.6 Å². The molecule has 19 nitrogen and oxygen atoms in total. The zero-order valence-corrected chi connectivity index (χ0v) is 42.1. The lowest BCUT2D eigenvalue weighted by atomic mass is 9.85. The number of rotatable bonds is 17. The molecule has 3 heterocycles. The highest BCUT2D eigenvalue weighted by molar-refractivity contribution is 5.99. The number of amides is 8. The number of hydrogen-bond donors (Lipinski definition) is 7. The molecule has 4 aliphatic rings. The van der Waals surface area contributed by atoms with Gasteiger partial charge in [-0.2, -0.15) is 0 Å². The van der Waals surface area contributed by atoms with Crippen molar-refractivity contribution in [2.75, 3.05) is 40.3 Å². The summed E-state index contributed by atoms with van der Waals surface area (Å²) in [6, 6.07) is 6.95. The van der Waals surface area contributed by atoms with Crippen LogP contribution in [0.5, 0.6) is 0 Å². The molecule has 0 saturated carbocycles. The van der Waals surface area contributed by atoms with Crippen molar-refractivity contribution in [1.82, 2.24) is 46.6 Å². The standard InChI is InChI=1S/C51H73N11O8/c1-9-16-39(57-43(63)30(2)53-7)48(68)60-28-35(26-41(60)49(69)59-23-12-13-24-59)55-45(65)33-19-14-20-34(25-33)47(67)62(52)36-27-40(46(66)56-38-22-15-18-32-17-10-11-21-37(32)38)61(29-36)50(70)42(51(4,5)6)58-44(64)31(3)54-8/h10-11,14,17,19-21,25,30-31,35-36,38-42,52-54H,9,12-13,15-16,18,22-24,26-29H2,1-8H3,(H3-,55,56,57,58,63,64,65,66)/p+1. The van der Waals surface area contributed by atoms with Crippen LogP contribution in [0.1, 0.15) is 131 Å². The van der Waals surface area contributed by atoms with Gasteiger partial charge in [-0.1, -0.05) is 70.0 Å². The number of nitrogens with zero attached hydrogens (tertiary/aromatic N) is 4. The second-order valence-electron chi connectivity index (χ2n) is 20.4. The van der Waals surface area contributed by atoms with E-state index in [-0.39, 0.29) is 54.9 Å². The average Bonchev–Trinajstić information content (AvgIpc) is 4.15. The molecule has 3 aliphatic heterocycles. The normalized spacial score (nSPS) is 22.8. The van der Waals surface area contributed by atoms with Crippen molar-refractivity contribution >= 4 is 47.3 Å². The van der Waals surface area contributed by atoms with Gasteiger partial charge in [0.05, 0.1) is 30.2 Å². The van der Waals surface area contributed by atoms with Crippen LogP contribution in [-0.2, 0) is 35.2 Å². The Labute approximate surface area is 411 Å². The Morgan fingerprint density at radius 3 is 2.07 bits per heavy atom. The number of likely N-dealkylation sites (N-methyl/N-ethyl adjacent to an activating group) is 2. The molecule has 19 heteroatoms. The smallest absolute Gasteiger partial charge is 0.347 e. The summed E-state index contributed by atoms with van der Waals surface area (Å²) >= 11 is 0. The zero-order chi connectivity index (χ0) is 51.0. The highest BCUT2D eigenvalue weighted by Gasteiger charge is 2.51. The number of benzene rings is 2. The Balaban J connectivity index is 1.20. The van der Waals surface area contributed by atoms with Gasteiger partial charge in [0.15, 0.2) is 0 Å². The van der Waals surface area contributed by atoms with Gasteiger partial charge in [0.2, 0.25) is 41.5 Å². The Hall–Kier alpha value is -6.08. The summed E-state index contributed by atoms with van der Waals surface area (Å²) in [5.41, 5.74) is 10.7. The minimum absolute atomic E-state index is 0.0207. The molecule has 0 bridgehead atoms. The first kappa shape index (κ1) is 53.3. The lowest BCUT2D eigenvalue weighted by Crippen LogP contribution is -2.59. The van der Waals surface area contributed by atoms with Crippen LogP contribution in [0.4, 0.5) is 0 Å². The summed E-state index contributed by atoms with van der Waals surface area (Å²) in [5.74, 6) is -3.60. The van der Waals surface area contributed by atoms with E-state index in [4.69, 9.17) is 0 Å². The average molecular weight is 969 g/mol. The first-order valence-corrected chi connectivity index (χ1v) is 25.0. The Kier molecular flexibility index (Phi) is 17.7. The van der Waals surface area contributed by atoms with Crippen molar-refractivity contribution in [2.45, 2.75) is 154 Å². The Bertz CT molecular complexity index is 2310. The lowest BCUT2D eigenvalue weighted by Gasteiger charge is -2.36. The summed E-state index contributed by atoms with van der Waals surface area (Å²) in [7, 11) is 3.28.